The average molecular weight is 157 g/mol. The van der Waals surface area contributed by atoms with Crippen molar-refractivity contribution in [2.45, 2.75) is 0 Å². The second-order valence-corrected chi connectivity index (χ2v) is 1.65. The van der Waals surface area contributed by atoms with Gasteiger partial charge in [-0.2, -0.15) is 0 Å². The van der Waals surface area contributed by atoms with Gasteiger partial charge in [-0.05, 0) is 0 Å². The molecule has 1 N–H and O–H groups in total. The van der Waals surface area contributed by atoms with E-state index < -0.39 is 5.97 Å². The number of anilines is 1. The largest absolute Gasteiger partial charge is 0.462 e. The van der Waals surface area contributed by atoms with Crippen molar-refractivity contribution in [3.8, 4) is 0 Å². The van der Waals surface area contributed by atoms with E-state index in [9.17, 15) is 4.79 Å². The standard InChI is InChI=1S/C5H7N3O3/c1-6-5-8-7-3(11-5)4(9)10-2/h1-2H3,(H,6,8). The summed E-state index contributed by atoms with van der Waals surface area (Å²) in [6.45, 7) is 0. The van der Waals surface area contributed by atoms with E-state index in [1.165, 1.54) is 7.11 Å². The SMILES string of the molecule is CNc1nnc(C(=O)OC)o1. The maximum absolute atomic E-state index is 10.7. The Bertz CT molecular complexity index is 257. The molecule has 1 heterocycles. The minimum atomic E-state index is -0.640. The first-order chi connectivity index (χ1) is 5.27. The molecule has 0 unspecified atom stereocenters. The lowest BCUT2D eigenvalue weighted by atomic mass is 10.7. The summed E-state index contributed by atoms with van der Waals surface area (Å²) < 4.78 is 9.11. The lowest BCUT2D eigenvalue weighted by Gasteiger charge is -1.89. The van der Waals surface area contributed by atoms with E-state index >= 15 is 0 Å². The van der Waals surface area contributed by atoms with Gasteiger partial charge in [0.05, 0.1) is 7.11 Å². The van der Waals surface area contributed by atoms with Crippen LogP contribution in [0, 0.1) is 0 Å². The van der Waals surface area contributed by atoms with Crippen molar-refractivity contribution in [2.75, 3.05) is 19.5 Å². The molecule has 0 fully saturated rings. The third-order valence-corrected chi connectivity index (χ3v) is 0.999. The first-order valence-corrected chi connectivity index (χ1v) is 2.87. The number of ether oxygens (including phenoxy) is 1. The van der Waals surface area contributed by atoms with Gasteiger partial charge in [-0.3, -0.25) is 0 Å². The van der Waals surface area contributed by atoms with E-state index in [2.05, 4.69) is 20.3 Å². The van der Waals surface area contributed by atoms with Gasteiger partial charge in [0.1, 0.15) is 0 Å². The molecule has 0 saturated heterocycles. The fraction of sp³-hybridized carbons (Fsp3) is 0.400. The van der Waals surface area contributed by atoms with Crippen molar-refractivity contribution < 1.29 is 13.9 Å². The van der Waals surface area contributed by atoms with Crippen molar-refractivity contribution in [3.05, 3.63) is 5.89 Å². The number of hydrogen-bond acceptors (Lipinski definition) is 6. The molecule has 1 rings (SSSR count). The Morgan fingerprint density at radius 3 is 2.82 bits per heavy atom. The Balaban J connectivity index is 2.80. The Morgan fingerprint density at radius 1 is 1.64 bits per heavy atom. The van der Waals surface area contributed by atoms with Crippen LogP contribution in [0.2, 0.25) is 0 Å². The van der Waals surface area contributed by atoms with Gasteiger partial charge in [-0.15, -0.1) is 0 Å². The molecule has 6 nitrogen and oxygen atoms in total. The summed E-state index contributed by atoms with van der Waals surface area (Å²) in [7, 11) is 2.85. The second-order valence-electron chi connectivity index (χ2n) is 1.65. The molecule has 1 aromatic rings. The molecule has 0 bridgehead atoms. The fourth-order valence-electron chi connectivity index (χ4n) is 0.494. The predicted octanol–water partition coefficient (Wildman–Crippen LogP) is -0.102. The van der Waals surface area contributed by atoms with Gasteiger partial charge in [-0.1, -0.05) is 10.2 Å². The van der Waals surface area contributed by atoms with Crippen molar-refractivity contribution in [3.63, 3.8) is 0 Å². The molecule has 0 aliphatic heterocycles. The molecule has 0 saturated carbocycles. The highest BCUT2D eigenvalue weighted by atomic mass is 16.5. The number of carbonyl (C=O) groups is 1. The third kappa shape index (κ3) is 1.46. The van der Waals surface area contributed by atoms with E-state index in [1.54, 1.807) is 7.05 Å². The molecule has 11 heavy (non-hydrogen) atoms. The third-order valence-electron chi connectivity index (χ3n) is 0.999. The second kappa shape index (κ2) is 3.00. The molecule has 0 aromatic carbocycles. The molecular weight excluding hydrogens is 150 g/mol. The number of hydrogen-bond donors (Lipinski definition) is 1. The van der Waals surface area contributed by atoms with Crippen LogP contribution in [-0.2, 0) is 4.74 Å². The molecule has 0 aliphatic rings. The van der Waals surface area contributed by atoms with Crippen LogP contribution < -0.4 is 5.32 Å². The van der Waals surface area contributed by atoms with Crippen LogP contribution in [0.5, 0.6) is 0 Å². The van der Waals surface area contributed by atoms with E-state index in [-0.39, 0.29) is 11.9 Å². The Hall–Kier alpha value is -1.59. The summed E-state index contributed by atoms with van der Waals surface area (Å²) in [4.78, 5) is 10.7. The van der Waals surface area contributed by atoms with Crippen LogP contribution >= 0.6 is 0 Å². The zero-order chi connectivity index (χ0) is 8.27. The molecule has 0 amide bonds. The van der Waals surface area contributed by atoms with Crippen LogP contribution in [0.4, 0.5) is 6.01 Å². The van der Waals surface area contributed by atoms with Crippen molar-refractivity contribution >= 4 is 12.0 Å². The average Bonchev–Trinajstić information content (AvgIpc) is 2.50. The number of methoxy groups -OCH3 is 1. The molecular formula is C5H7N3O3. The fourth-order valence-corrected chi connectivity index (χ4v) is 0.494. The minimum Gasteiger partial charge on any atom is -0.462 e. The first kappa shape index (κ1) is 7.52. The highest BCUT2D eigenvalue weighted by Crippen LogP contribution is 2.04. The lowest BCUT2D eigenvalue weighted by Crippen LogP contribution is -2.00. The first-order valence-electron chi connectivity index (χ1n) is 2.87. The summed E-state index contributed by atoms with van der Waals surface area (Å²) in [6, 6.07) is 0.186. The summed E-state index contributed by atoms with van der Waals surface area (Å²) in [5.74, 6) is -0.796. The van der Waals surface area contributed by atoms with Crippen LogP contribution in [-0.4, -0.2) is 30.3 Å². The summed E-state index contributed by atoms with van der Waals surface area (Å²) in [5, 5.41) is 9.46. The zero-order valence-electron chi connectivity index (χ0n) is 6.12. The molecule has 6 heteroatoms. The highest BCUT2D eigenvalue weighted by molar-refractivity contribution is 5.83. The van der Waals surface area contributed by atoms with Gasteiger partial charge in [0.2, 0.25) is 0 Å². The number of nitrogens with one attached hydrogen (secondary N) is 1. The number of carbonyl (C=O) groups excluding carboxylic acids is 1. The van der Waals surface area contributed by atoms with Crippen LogP contribution in [0.25, 0.3) is 0 Å². The van der Waals surface area contributed by atoms with Gasteiger partial charge in [-0.25, -0.2) is 4.79 Å². The molecule has 60 valence electrons. The maximum atomic E-state index is 10.7. The number of nitrogens with zero attached hydrogens (tertiary/aromatic N) is 2. The Morgan fingerprint density at radius 2 is 2.36 bits per heavy atom. The lowest BCUT2D eigenvalue weighted by molar-refractivity contribution is 0.0557. The maximum Gasteiger partial charge on any atom is 0.396 e. The number of esters is 1. The molecule has 1 aromatic heterocycles. The van der Waals surface area contributed by atoms with E-state index in [1.807, 2.05) is 0 Å². The molecule has 0 spiro atoms. The van der Waals surface area contributed by atoms with E-state index in [4.69, 9.17) is 4.42 Å². The highest BCUT2D eigenvalue weighted by Gasteiger charge is 2.13. The van der Waals surface area contributed by atoms with Crippen LogP contribution in [0.1, 0.15) is 10.7 Å². The zero-order valence-corrected chi connectivity index (χ0v) is 6.12. The molecule has 0 atom stereocenters. The van der Waals surface area contributed by atoms with E-state index in [0.29, 0.717) is 0 Å². The number of aromatic nitrogens is 2. The topological polar surface area (TPSA) is 77.2 Å². The minimum absolute atomic E-state index is 0.156. The summed E-state index contributed by atoms with van der Waals surface area (Å²) in [6.07, 6.45) is 0. The van der Waals surface area contributed by atoms with Crippen LogP contribution in [0.15, 0.2) is 4.42 Å². The van der Waals surface area contributed by atoms with Gasteiger partial charge in [0.15, 0.2) is 0 Å². The number of rotatable bonds is 2. The summed E-state index contributed by atoms with van der Waals surface area (Å²) in [5.41, 5.74) is 0. The summed E-state index contributed by atoms with van der Waals surface area (Å²) >= 11 is 0. The van der Waals surface area contributed by atoms with E-state index in [0.717, 1.165) is 0 Å². The Labute approximate surface area is 62.6 Å². The molecule has 0 aliphatic carbocycles. The predicted molar refractivity (Wildman–Crippen MR) is 35.2 cm³/mol. The normalized spacial score (nSPS) is 9.27. The van der Waals surface area contributed by atoms with Crippen molar-refractivity contribution in [1.82, 2.24) is 10.2 Å². The quantitative estimate of drug-likeness (QED) is 0.604. The van der Waals surface area contributed by atoms with Gasteiger partial charge >= 0.3 is 17.9 Å². The van der Waals surface area contributed by atoms with Gasteiger partial charge in [0.25, 0.3) is 0 Å². The smallest absolute Gasteiger partial charge is 0.396 e. The Kier molecular flexibility index (Phi) is 2.05. The van der Waals surface area contributed by atoms with Gasteiger partial charge < -0.3 is 14.5 Å². The van der Waals surface area contributed by atoms with Crippen molar-refractivity contribution in [1.29, 1.82) is 0 Å². The van der Waals surface area contributed by atoms with Gasteiger partial charge in [0, 0.05) is 7.05 Å². The monoisotopic (exact) mass is 157 g/mol. The molecule has 0 radical (unpaired) electrons. The van der Waals surface area contributed by atoms with Crippen molar-refractivity contribution in [2.24, 2.45) is 0 Å². The van der Waals surface area contributed by atoms with Crippen LogP contribution in [0.3, 0.4) is 0 Å².